The van der Waals surface area contributed by atoms with Gasteiger partial charge in [-0.3, -0.25) is 0 Å². The first kappa shape index (κ1) is 12.8. The van der Waals surface area contributed by atoms with Crippen LogP contribution in [0.4, 0.5) is 0 Å². The van der Waals surface area contributed by atoms with Crippen molar-refractivity contribution in [2.24, 2.45) is 0 Å². The second kappa shape index (κ2) is 4.84. The Morgan fingerprint density at radius 2 is 1.82 bits per heavy atom. The average molecular weight is 289 g/mol. The van der Waals surface area contributed by atoms with Crippen LogP contribution in [0.2, 0.25) is 0 Å². The third-order valence-corrected chi connectivity index (χ3v) is 3.72. The Balaban J connectivity index is 2.10. The number of fused-ring (bicyclic) bond motifs is 1. The molecule has 0 fully saturated rings. The molecule has 0 aliphatic rings. The lowest BCUT2D eigenvalue weighted by atomic mass is 10.1. The summed E-state index contributed by atoms with van der Waals surface area (Å²) in [5, 5.41) is 5.80. The fourth-order valence-electron chi connectivity index (χ4n) is 2.80. The van der Waals surface area contributed by atoms with Crippen LogP contribution in [0.3, 0.4) is 0 Å². The van der Waals surface area contributed by atoms with Gasteiger partial charge in [-0.2, -0.15) is 5.10 Å². The molecule has 0 aliphatic heterocycles. The Morgan fingerprint density at radius 3 is 2.55 bits per heavy atom. The molecule has 0 unspecified atom stereocenters. The summed E-state index contributed by atoms with van der Waals surface area (Å²) in [6.45, 7) is 4.09. The lowest BCUT2D eigenvalue weighted by molar-refractivity contribution is 0.579. The van der Waals surface area contributed by atoms with Gasteiger partial charge in [0, 0.05) is 5.69 Å². The maximum absolute atomic E-state index is 5.56. The summed E-state index contributed by atoms with van der Waals surface area (Å²) in [7, 11) is 0. The van der Waals surface area contributed by atoms with E-state index in [1.165, 1.54) is 0 Å². The fraction of sp³-hybridized carbons (Fsp3) is 0.111. The van der Waals surface area contributed by atoms with Gasteiger partial charge < -0.3 is 4.42 Å². The summed E-state index contributed by atoms with van der Waals surface area (Å²) in [4.78, 5) is 4.70. The number of aromatic nitrogens is 3. The van der Waals surface area contributed by atoms with E-state index in [9.17, 15) is 0 Å². The topological polar surface area (TPSA) is 43.9 Å². The monoisotopic (exact) mass is 289 g/mol. The number of furan rings is 1. The number of benzene rings is 1. The number of nitrogens with zero attached hydrogens (tertiary/aromatic N) is 3. The van der Waals surface area contributed by atoms with E-state index in [-0.39, 0.29) is 0 Å². The first-order valence-corrected chi connectivity index (χ1v) is 7.20. The van der Waals surface area contributed by atoms with Gasteiger partial charge in [0.2, 0.25) is 0 Å². The molecule has 0 saturated heterocycles. The van der Waals surface area contributed by atoms with Crippen molar-refractivity contribution in [2.75, 3.05) is 0 Å². The maximum Gasteiger partial charge on any atom is 0.164 e. The van der Waals surface area contributed by atoms with Crippen LogP contribution in [-0.2, 0) is 0 Å². The molecule has 4 nitrogen and oxygen atoms in total. The molecule has 1 aromatic carbocycles. The smallest absolute Gasteiger partial charge is 0.164 e. The van der Waals surface area contributed by atoms with E-state index in [4.69, 9.17) is 14.5 Å². The van der Waals surface area contributed by atoms with Crippen molar-refractivity contribution in [3.05, 3.63) is 66.1 Å². The van der Waals surface area contributed by atoms with Gasteiger partial charge in [-0.1, -0.05) is 18.2 Å². The van der Waals surface area contributed by atoms with E-state index < -0.39 is 0 Å². The molecule has 0 N–H and O–H groups in total. The number of aryl methyl sites for hydroxylation is 2. The van der Waals surface area contributed by atoms with E-state index in [0.717, 1.165) is 39.4 Å². The third-order valence-electron chi connectivity index (χ3n) is 3.72. The zero-order valence-electron chi connectivity index (χ0n) is 12.4. The molecule has 4 heteroatoms. The summed E-state index contributed by atoms with van der Waals surface area (Å²) in [6.07, 6.45) is 1.67. The molecule has 0 atom stereocenters. The Labute approximate surface area is 128 Å². The van der Waals surface area contributed by atoms with Crippen molar-refractivity contribution in [3.63, 3.8) is 0 Å². The molecule has 108 valence electrons. The third kappa shape index (κ3) is 1.92. The average Bonchev–Trinajstić information content (AvgIpc) is 3.15. The predicted molar refractivity (Wildman–Crippen MR) is 86.0 cm³/mol. The van der Waals surface area contributed by atoms with E-state index in [2.05, 4.69) is 13.0 Å². The summed E-state index contributed by atoms with van der Waals surface area (Å²) in [5.41, 5.74) is 4.80. The molecular formula is C18H15N3O. The highest BCUT2D eigenvalue weighted by Crippen LogP contribution is 2.31. The van der Waals surface area contributed by atoms with Crippen LogP contribution in [0, 0.1) is 13.8 Å². The van der Waals surface area contributed by atoms with Crippen molar-refractivity contribution in [1.82, 2.24) is 14.8 Å². The SMILES string of the molecule is Cc1cc(C)c2c(-c3ccco3)nn(-c3ccccc3)c2n1. The van der Waals surface area contributed by atoms with Gasteiger partial charge in [-0.15, -0.1) is 0 Å². The van der Waals surface area contributed by atoms with Crippen LogP contribution >= 0.6 is 0 Å². The molecule has 0 radical (unpaired) electrons. The normalized spacial score (nSPS) is 11.2. The fourth-order valence-corrected chi connectivity index (χ4v) is 2.80. The van der Waals surface area contributed by atoms with E-state index in [1.54, 1.807) is 6.26 Å². The highest BCUT2D eigenvalue weighted by atomic mass is 16.3. The van der Waals surface area contributed by atoms with Crippen molar-refractivity contribution in [3.8, 4) is 17.1 Å². The molecule has 0 amide bonds. The minimum Gasteiger partial charge on any atom is -0.463 e. The maximum atomic E-state index is 5.56. The standard InChI is InChI=1S/C18H15N3O/c1-12-11-13(2)19-18-16(12)17(15-9-6-10-22-15)20-21(18)14-7-4-3-5-8-14/h3-11H,1-2H3. The zero-order valence-corrected chi connectivity index (χ0v) is 12.4. The van der Waals surface area contributed by atoms with E-state index in [1.807, 2.05) is 54.1 Å². The Morgan fingerprint density at radius 1 is 1.00 bits per heavy atom. The number of hydrogen-bond donors (Lipinski definition) is 0. The van der Waals surface area contributed by atoms with Crippen LogP contribution < -0.4 is 0 Å². The van der Waals surface area contributed by atoms with Crippen LogP contribution in [0.25, 0.3) is 28.2 Å². The van der Waals surface area contributed by atoms with E-state index in [0.29, 0.717) is 0 Å². The first-order valence-electron chi connectivity index (χ1n) is 7.20. The number of rotatable bonds is 2. The van der Waals surface area contributed by atoms with Crippen LogP contribution in [-0.4, -0.2) is 14.8 Å². The minimum absolute atomic E-state index is 0.758. The molecule has 0 aliphatic carbocycles. The van der Waals surface area contributed by atoms with Crippen molar-refractivity contribution >= 4 is 11.0 Å². The van der Waals surface area contributed by atoms with Crippen LogP contribution in [0.1, 0.15) is 11.3 Å². The van der Waals surface area contributed by atoms with Crippen LogP contribution in [0.15, 0.2) is 59.2 Å². The van der Waals surface area contributed by atoms with Crippen molar-refractivity contribution in [1.29, 1.82) is 0 Å². The van der Waals surface area contributed by atoms with Gasteiger partial charge in [0.1, 0.15) is 5.69 Å². The summed E-state index contributed by atoms with van der Waals surface area (Å²) in [6, 6.07) is 15.9. The summed E-state index contributed by atoms with van der Waals surface area (Å²) >= 11 is 0. The molecule has 0 spiro atoms. The van der Waals surface area contributed by atoms with Gasteiger partial charge in [0.25, 0.3) is 0 Å². The van der Waals surface area contributed by atoms with Crippen molar-refractivity contribution < 1.29 is 4.42 Å². The summed E-state index contributed by atoms with van der Waals surface area (Å²) < 4.78 is 7.44. The Hall–Kier alpha value is -2.88. The minimum atomic E-state index is 0.758. The zero-order chi connectivity index (χ0) is 15.1. The Kier molecular flexibility index (Phi) is 2.82. The first-order chi connectivity index (χ1) is 10.7. The second-order valence-electron chi connectivity index (χ2n) is 5.35. The van der Waals surface area contributed by atoms with Crippen LogP contribution in [0.5, 0.6) is 0 Å². The molecule has 0 bridgehead atoms. The quantitative estimate of drug-likeness (QED) is 0.552. The molecule has 4 aromatic rings. The number of hydrogen-bond acceptors (Lipinski definition) is 3. The lowest BCUT2D eigenvalue weighted by Gasteiger charge is -2.03. The molecule has 3 heterocycles. The van der Waals surface area contributed by atoms with Gasteiger partial charge >= 0.3 is 0 Å². The molecule has 3 aromatic heterocycles. The molecular weight excluding hydrogens is 274 g/mol. The number of para-hydroxylation sites is 1. The molecule has 0 saturated carbocycles. The molecule has 22 heavy (non-hydrogen) atoms. The largest absolute Gasteiger partial charge is 0.463 e. The van der Waals surface area contributed by atoms with Gasteiger partial charge in [0.15, 0.2) is 11.4 Å². The highest BCUT2D eigenvalue weighted by Gasteiger charge is 2.18. The van der Waals surface area contributed by atoms with Crippen molar-refractivity contribution in [2.45, 2.75) is 13.8 Å². The predicted octanol–water partition coefficient (Wildman–Crippen LogP) is 4.30. The second-order valence-corrected chi connectivity index (χ2v) is 5.35. The van der Waals surface area contributed by atoms with Gasteiger partial charge in [0.05, 0.1) is 17.3 Å². The highest BCUT2D eigenvalue weighted by molar-refractivity contribution is 5.93. The van der Waals surface area contributed by atoms with E-state index >= 15 is 0 Å². The molecule has 4 rings (SSSR count). The van der Waals surface area contributed by atoms with Gasteiger partial charge in [-0.05, 0) is 49.7 Å². The number of pyridine rings is 1. The lowest BCUT2D eigenvalue weighted by Crippen LogP contribution is -1.98. The summed E-state index contributed by atoms with van der Waals surface area (Å²) in [5.74, 6) is 0.758. The van der Waals surface area contributed by atoms with Gasteiger partial charge in [-0.25, -0.2) is 9.67 Å². The Bertz CT molecular complexity index is 938.